The summed E-state index contributed by atoms with van der Waals surface area (Å²) < 4.78 is 5.61. The summed E-state index contributed by atoms with van der Waals surface area (Å²) in [5.41, 5.74) is 1.85. The maximum absolute atomic E-state index is 12.2. The van der Waals surface area contributed by atoms with Gasteiger partial charge in [-0.2, -0.15) is 0 Å². The second-order valence-electron chi connectivity index (χ2n) is 5.33. The van der Waals surface area contributed by atoms with E-state index >= 15 is 0 Å². The van der Waals surface area contributed by atoms with Gasteiger partial charge in [0.25, 0.3) is 0 Å². The molecule has 0 saturated heterocycles. The van der Waals surface area contributed by atoms with Gasteiger partial charge in [-0.05, 0) is 37.1 Å². The van der Waals surface area contributed by atoms with Crippen molar-refractivity contribution in [3.05, 3.63) is 69.7 Å². The number of carbonyl (C=O) groups is 1. The van der Waals surface area contributed by atoms with E-state index < -0.39 is 6.10 Å². The van der Waals surface area contributed by atoms with Crippen LogP contribution in [0.3, 0.4) is 0 Å². The van der Waals surface area contributed by atoms with E-state index in [1.165, 1.54) is 0 Å². The lowest BCUT2D eigenvalue weighted by molar-refractivity contribution is -0.133. The molecule has 23 heavy (non-hydrogen) atoms. The SMILES string of the molecule is CC(OCc1ccccc1)C(=O)NC(C)c1ccc(Cl)cc1Cl. The number of halogens is 2. The van der Waals surface area contributed by atoms with Crippen LogP contribution in [0.2, 0.25) is 10.0 Å². The highest BCUT2D eigenvalue weighted by Gasteiger charge is 2.18. The van der Waals surface area contributed by atoms with Crippen LogP contribution in [0.25, 0.3) is 0 Å². The first-order valence-electron chi connectivity index (χ1n) is 7.38. The number of ether oxygens (including phenoxy) is 1. The smallest absolute Gasteiger partial charge is 0.249 e. The Balaban J connectivity index is 1.89. The number of hydrogen-bond acceptors (Lipinski definition) is 2. The fourth-order valence-corrected chi connectivity index (χ4v) is 2.70. The van der Waals surface area contributed by atoms with Gasteiger partial charge in [0.2, 0.25) is 5.91 Å². The van der Waals surface area contributed by atoms with Crippen LogP contribution in [0.15, 0.2) is 48.5 Å². The molecule has 1 N–H and O–H groups in total. The number of nitrogens with one attached hydrogen (secondary N) is 1. The quantitative estimate of drug-likeness (QED) is 0.813. The van der Waals surface area contributed by atoms with Gasteiger partial charge in [0, 0.05) is 10.0 Å². The molecule has 3 nitrogen and oxygen atoms in total. The molecule has 0 aromatic heterocycles. The van der Waals surface area contributed by atoms with Gasteiger partial charge in [-0.1, -0.05) is 59.6 Å². The largest absolute Gasteiger partial charge is 0.364 e. The van der Waals surface area contributed by atoms with Crippen LogP contribution >= 0.6 is 23.2 Å². The van der Waals surface area contributed by atoms with E-state index in [0.29, 0.717) is 16.7 Å². The topological polar surface area (TPSA) is 38.3 Å². The minimum atomic E-state index is -0.552. The van der Waals surface area contributed by atoms with Crippen LogP contribution in [0, 0.1) is 0 Å². The molecule has 0 fully saturated rings. The number of hydrogen-bond donors (Lipinski definition) is 1. The summed E-state index contributed by atoms with van der Waals surface area (Å²) in [6, 6.07) is 14.7. The summed E-state index contributed by atoms with van der Waals surface area (Å²) in [7, 11) is 0. The molecule has 1 amide bonds. The van der Waals surface area contributed by atoms with E-state index in [-0.39, 0.29) is 11.9 Å². The first-order valence-corrected chi connectivity index (χ1v) is 8.14. The Morgan fingerprint density at radius 2 is 1.83 bits per heavy atom. The van der Waals surface area contributed by atoms with Gasteiger partial charge < -0.3 is 10.1 Å². The Morgan fingerprint density at radius 1 is 1.13 bits per heavy atom. The summed E-state index contributed by atoms with van der Waals surface area (Å²) in [5, 5.41) is 4.00. The first-order chi connectivity index (χ1) is 11.0. The van der Waals surface area contributed by atoms with E-state index in [2.05, 4.69) is 5.32 Å². The summed E-state index contributed by atoms with van der Waals surface area (Å²) in [6.45, 7) is 4.00. The van der Waals surface area contributed by atoms with Crippen molar-refractivity contribution in [1.82, 2.24) is 5.32 Å². The van der Waals surface area contributed by atoms with E-state index in [9.17, 15) is 4.79 Å². The molecule has 122 valence electrons. The maximum atomic E-state index is 12.2. The molecular weight excluding hydrogens is 333 g/mol. The zero-order valence-electron chi connectivity index (χ0n) is 13.1. The minimum Gasteiger partial charge on any atom is -0.364 e. The molecule has 2 aromatic carbocycles. The molecular formula is C18H19Cl2NO2. The molecule has 2 rings (SSSR count). The molecule has 2 unspecified atom stereocenters. The highest BCUT2D eigenvalue weighted by atomic mass is 35.5. The van der Waals surface area contributed by atoms with Crippen LogP contribution < -0.4 is 5.32 Å². The molecule has 0 aliphatic carbocycles. The molecule has 0 bridgehead atoms. The van der Waals surface area contributed by atoms with Gasteiger partial charge in [-0.3, -0.25) is 4.79 Å². The Kier molecular flexibility index (Phi) is 6.46. The van der Waals surface area contributed by atoms with E-state index in [1.807, 2.05) is 43.3 Å². The second kappa shape index (κ2) is 8.34. The van der Waals surface area contributed by atoms with Crippen molar-refractivity contribution in [1.29, 1.82) is 0 Å². The highest BCUT2D eigenvalue weighted by Crippen LogP contribution is 2.26. The van der Waals surface area contributed by atoms with Crippen molar-refractivity contribution in [3.63, 3.8) is 0 Å². The zero-order valence-corrected chi connectivity index (χ0v) is 14.6. The van der Waals surface area contributed by atoms with Crippen LogP contribution in [-0.4, -0.2) is 12.0 Å². The van der Waals surface area contributed by atoms with Crippen molar-refractivity contribution in [2.24, 2.45) is 0 Å². The molecule has 0 spiro atoms. The van der Waals surface area contributed by atoms with Crippen molar-refractivity contribution in [3.8, 4) is 0 Å². The van der Waals surface area contributed by atoms with Gasteiger partial charge >= 0.3 is 0 Å². The summed E-state index contributed by atoms with van der Waals surface area (Å²) >= 11 is 12.0. The fourth-order valence-electron chi connectivity index (χ4n) is 2.13. The van der Waals surface area contributed by atoms with E-state index in [4.69, 9.17) is 27.9 Å². The van der Waals surface area contributed by atoms with Crippen LogP contribution in [-0.2, 0) is 16.1 Å². The maximum Gasteiger partial charge on any atom is 0.249 e. The van der Waals surface area contributed by atoms with Gasteiger partial charge in [-0.25, -0.2) is 0 Å². The average molecular weight is 352 g/mol. The Bertz CT molecular complexity index is 661. The predicted octanol–water partition coefficient (Wildman–Crippen LogP) is 4.78. The van der Waals surface area contributed by atoms with E-state index in [1.54, 1.807) is 19.1 Å². The third kappa shape index (κ3) is 5.24. The Hall–Kier alpha value is -1.55. The molecule has 5 heteroatoms. The number of carbonyl (C=O) groups excluding carboxylic acids is 1. The van der Waals surface area contributed by atoms with E-state index in [0.717, 1.165) is 11.1 Å². The molecule has 2 atom stereocenters. The molecule has 0 heterocycles. The lowest BCUT2D eigenvalue weighted by Gasteiger charge is -2.19. The Labute approximate surface area is 146 Å². The van der Waals surface area contributed by atoms with Crippen molar-refractivity contribution < 1.29 is 9.53 Å². The normalized spacial score (nSPS) is 13.4. The second-order valence-corrected chi connectivity index (χ2v) is 6.18. The third-order valence-electron chi connectivity index (χ3n) is 3.50. The highest BCUT2D eigenvalue weighted by molar-refractivity contribution is 6.35. The molecule has 0 aliphatic heterocycles. The summed E-state index contributed by atoms with van der Waals surface area (Å²) in [6.07, 6.45) is -0.552. The van der Waals surface area contributed by atoms with Gasteiger partial charge in [0.1, 0.15) is 6.10 Å². The van der Waals surface area contributed by atoms with Crippen LogP contribution in [0.4, 0.5) is 0 Å². The fraction of sp³-hybridized carbons (Fsp3) is 0.278. The van der Waals surface area contributed by atoms with Crippen molar-refractivity contribution >= 4 is 29.1 Å². The molecule has 2 aromatic rings. The summed E-state index contributed by atoms with van der Waals surface area (Å²) in [5.74, 6) is -0.181. The first kappa shape index (κ1) is 17.8. The monoisotopic (exact) mass is 351 g/mol. The van der Waals surface area contributed by atoms with Gasteiger partial charge in [-0.15, -0.1) is 0 Å². The molecule has 0 saturated carbocycles. The standard InChI is InChI=1S/C18H19Cl2NO2/c1-12(16-9-8-15(19)10-17(16)20)21-18(22)13(2)23-11-14-6-4-3-5-7-14/h3-10,12-13H,11H2,1-2H3,(H,21,22). The number of rotatable bonds is 6. The third-order valence-corrected chi connectivity index (χ3v) is 4.06. The number of amides is 1. The zero-order chi connectivity index (χ0) is 16.8. The predicted molar refractivity (Wildman–Crippen MR) is 93.7 cm³/mol. The van der Waals surface area contributed by atoms with Crippen molar-refractivity contribution in [2.45, 2.75) is 32.6 Å². The number of benzene rings is 2. The van der Waals surface area contributed by atoms with Crippen molar-refractivity contribution in [2.75, 3.05) is 0 Å². The molecule has 0 radical (unpaired) electrons. The average Bonchev–Trinajstić information content (AvgIpc) is 2.53. The lowest BCUT2D eigenvalue weighted by atomic mass is 10.1. The Morgan fingerprint density at radius 3 is 2.48 bits per heavy atom. The summed E-state index contributed by atoms with van der Waals surface area (Å²) in [4.78, 5) is 12.2. The van der Waals surface area contributed by atoms with Crippen LogP contribution in [0.1, 0.15) is 31.0 Å². The van der Waals surface area contributed by atoms with Crippen LogP contribution in [0.5, 0.6) is 0 Å². The van der Waals surface area contributed by atoms with Gasteiger partial charge in [0.05, 0.1) is 12.6 Å². The van der Waals surface area contributed by atoms with Gasteiger partial charge in [0.15, 0.2) is 0 Å². The molecule has 0 aliphatic rings. The lowest BCUT2D eigenvalue weighted by Crippen LogP contribution is -2.36. The minimum absolute atomic E-state index is 0.181.